The van der Waals surface area contributed by atoms with E-state index in [1.54, 1.807) is 11.3 Å². The molecule has 0 unspecified atom stereocenters. The first-order chi connectivity index (χ1) is 7.20. The number of aromatic nitrogens is 1. The van der Waals surface area contributed by atoms with E-state index >= 15 is 0 Å². The van der Waals surface area contributed by atoms with E-state index < -0.39 is 0 Å². The normalized spacial score (nSPS) is 10.6. The summed E-state index contributed by atoms with van der Waals surface area (Å²) in [5, 5.41) is 3.17. The molecular formula is C12H13NS2. The molecular weight excluding hydrogens is 222 g/mol. The van der Waals surface area contributed by atoms with Crippen LogP contribution >= 0.6 is 24.0 Å². The quantitative estimate of drug-likeness (QED) is 0.780. The van der Waals surface area contributed by atoms with E-state index in [0.29, 0.717) is 5.75 Å². The van der Waals surface area contributed by atoms with Crippen molar-refractivity contribution in [1.82, 2.24) is 4.98 Å². The largest absolute Gasteiger partial charge is 0.240 e. The van der Waals surface area contributed by atoms with Crippen LogP contribution in [0.5, 0.6) is 0 Å². The van der Waals surface area contributed by atoms with Gasteiger partial charge in [-0.15, -0.1) is 11.3 Å². The zero-order valence-corrected chi connectivity index (χ0v) is 10.5. The van der Waals surface area contributed by atoms with Crippen LogP contribution in [0.1, 0.15) is 16.8 Å². The number of hydrogen-bond donors (Lipinski definition) is 1. The first-order valence-electron chi connectivity index (χ1n) is 4.83. The van der Waals surface area contributed by atoms with Crippen LogP contribution in [0, 0.1) is 13.8 Å². The first-order valence-corrected chi connectivity index (χ1v) is 6.35. The third-order valence-corrected chi connectivity index (χ3v) is 3.57. The van der Waals surface area contributed by atoms with E-state index in [4.69, 9.17) is 0 Å². The van der Waals surface area contributed by atoms with Gasteiger partial charge >= 0.3 is 0 Å². The molecule has 0 radical (unpaired) electrons. The zero-order chi connectivity index (χ0) is 10.8. The molecule has 0 fully saturated rings. The predicted octanol–water partition coefficient (Wildman–Crippen LogP) is 3.86. The highest BCUT2D eigenvalue weighted by Gasteiger charge is 2.06. The van der Waals surface area contributed by atoms with Gasteiger partial charge < -0.3 is 0 Å². The van der Waals surface area contributed by atoms with Gasteiger partial charge in [0.2, 0.25) is 0 Å². The standard InChI is InChI=1S/C12H13NS2/c1-8-3-4-11(9(2)5-8)12-13-10(6-14)7-15-12/h3-5,7,14H,6H2,1-2H3. The smallest absolute Gasteiger partial charge is 0.123 e. The van der Waals surface area contributed by atoms with Crippen molar-refractivity contribution in [3.63, 3.8) is 0 Å². The molecule has 78 valence electrons. The summed E-state index contributed by atoms with van der Waals surface area (Å²) in [6.45, 7) is 4.24. The van der Waals surface area contributed by atoms with Gasteiger partial charge in [0.1, 0.15) is 5.01 Å². The van der Waals surface area contributed by atoms with E-state index in [0.717, 1.165) is 10.7 Å². The minimum atomic E-state index is 0.710. The lowest BCUT2D eigenvalue weighted by Gasteiger charge is -2.02. The molecule has 2 rings (SSSR count). The molecule has 0 saturated heterocycles. The van der Waals surface area contributed by atoms with Crippen molar-refractivity contribution in [2.45, 2.75) is 19.6 Å². The average molecular weight is 235 g/mol. The van der Waals surface area contributed by atoms with Gasteiger partial charge in [0.05, 0.1) is 5.69 Å². The van der Waals surface area contributed by atoms with Crippen LogP contribution < -0.4 is 0 Å². The fourth-order valence-electron chi connectivity index (χ4n) is 1.56. The highest BCUT2D eigenvalue weighted by molar-refractivity contribution is 7.79. The van der Waals surface area contributed by atoms with Gasteiger partial charge in [-0.25, -0.2) is 4.98 Å². The van der Waals surface area contributed by atoms with Crippen LogP contribution in [0.4, 0.5) is 0 Å². The number of nitrogens with zero attached hydrogens (tertiary/aromatic N) is 1. The molecule has 15 heavy (non-hydrogen) atoms. The monoisotopic (exact) mass is 235 g/mol. The summed E-state index contributed by atoms with van der Waals surface area (Å²) in [6, 6.07) is 6.47. The Labute approximate surface area is 99.6 Å². The second-order valence-electron chi connectivity index (χ2n) is 3.62. The molecule has 0 N–H and O–H groups in total. The third kappa shape index (κ3) is 2.24. The third-order valence-electron chi connectivity index (χ3n) is 2.33. The van der Waals surface area contributed by atoms with Gasteiger partial charge in [-0.1, -0.05) is 23.8 Å². The Morgan fingerprint density at radius 3 is 2.73 bits per heavy atom. The molecule has 3 heteroatoms. The molecule has 1 aromatic heterocycles. The molecule has 1 heterocycles. The molecule has 0 atom stereocenters. The van der Waals surface area contributed by atoms with E-state index in [1.165, 1.54) is 16.7 Å². The van der Waals surface area contributed by atoms with Gasteiger partial charge in [0, 0.05) is 16.7 Å². The lowest BCUT2D eigenvalue weighted by atomic mass is 10.1. The molecule has 0 spiro atoms. The summed E-state index contributed by atoms with van der Waals surface area (Å²) in [6.07, 6.45) is 0. The Balaban J connectivity index is 2.44. The number of aryl methyl sites for hydroxylation is 2. The minimum absolute atomic E-state index is 0.710. The highest BCUT2D eigenvalue weighted by Crippen LogP contribution is 2.27. The molecule has 0 bridgehead atoms. The highest BCUT2D eigenvalue weighted by atomic mass is 32.1. The number of benzene rings is 1. The van der Waals surface area contributed by atoms with Crippen molar-refractivity contribution < 1.29 is 0 Å². The van der Waals surface area contributed by atoms with Crippen LogP contribution in [0.25, 0.3) is 10.6 Å². The van der Waals surface area contributed by atoms with Gasteiger partial charge in [0.15, 0.2) is 0 Å². The number of hydrogen-bond acceptors (Lipinski definition) is 3. The maximum atomic E-state index is 4.53. The molecule has 1 nitrogen and oxygen atoms in total. The minimum Gasteiger partial charge on any atom is -0.240 e. The Hall–Kier alpha value is -0.800. The van der Waals surface area contributed by atoms with Gasteiger partial charge in [-0.3, -0.25) is 0 Å². The molecule has 0 saturated carbocycles. The number of thiazole rings is 1. The molecule has 0 amide bonds. The van der Waals surface area contributed by atoms with E-state index in [-0.39, 0.29) is 0 Å². The molecule has 2 aromatic rings. The van der Waals surface area contributed by atoms with Gasteiger partial charge in [0.25, 0.3) is 0 Å². The van der Waals surface area contributed by atoms with Crippen molar-refractivity contribution >= 4 is 24.0 Å². The maximum Gasteiger partial charge on any atom is 0.123 e. The summed E-state index contributed by atoms with van der Waals surface area (Å²) in [5.74, 6) is 0.710. The van der Waals surface area contributed by atoms with Gasteiger partial charge in [-0.2, -0.15) is 12.6 Å². The Morgan fingerprint density at radius 1 is 1.33 bits per heavy atom. The zero-order valence-electron chi connectivity index (χ0n) is 8.82. The summed E-state index contributed by atoms with van der Waals surface area (Å²) in [5.41, 5.74) is 4.87. The molecule has 0 aliphatic carbocycles. The Kier molecular flexibility index (Phi) is 3.12. The summed E-state index contributed by atoms with van der Waals surface area (Å²) in [4.78, 5) is 4.53. The lowest BCUT2D eigenvalue weighted by Crippen LogP contribution is -1.84. The second kappa shape index (κ2) is 4.37. The fraction of sp³-hybridized carbons (Fsp3) is 0.250. The number of rotatable bonds is 2. The van der Waals surface area contributed by atoms with Crippen LogP contribution in [-0.2, 0) is 5.75 Å². The van der Waals surface area contributed by atoms with Crippen LogP contribution in [0.2, 0.25) is 0 Å². The Bertz CT molecular complexity index is 474. The molecule has 0 aliphatic rings. The molecule has 0 aliphatic heterocycles. The summed E-state index contributed by atoms with van der Waals surface area (Å²) < 4.78 is 0. The first kappa shape index (κ1) is 10.7. The summed E-state index contributed by atoms with van der Waals surface area (Å²) in [7, 11) is 0. The predicted molar refractivity (Wildman–Crippen MR) is 69.7 cm³/mol. The van der Waals surface area contributed by atoms with Crippen LogP contribution in [0.15, 0.2) is 23.6 Å². The van der Waals surface area contributed by atoms with Crippen molar-refractivity contribution in [1.29, 1.82) is 0 Å². The van der Waals surface area contributed by atoms with Crippen LogP contribution in [0.3, 0.4) is 0 Å². The fourth-order valence-corrected chi connectivity index (χ4v) is 2.75. The average Bonchev–Trinajstić information content (AvgIpc) is 2.66. The van der Waals surface area contributed by atoms with E-state index in [9.17, 15) is 0 Å². The molecule has 1 aromatic carbocycles. The van der Waals surface area contributed by atoms with Crippen LogP contribution in [-0.4, -0.2) is 4.98 Å². The maximum absolute atomic E-state index is 4.53. The van der Waals surface area contributed by atoms with Crippen molar-refractivity contribution in [3.05, 3.63) is 40.4 Å². The SMILES string of the molecule is Cc1ccc(-c2nc(CS)cs2)c(C)c1. The van der Waals surface area contributed by atoms with E-state index in [2.05, 4.69) is 55.0 Å². The van der Waals surface area contributed by atoms with Crippen molar-refractivity contribution in [3.8, 4) is 10.6 Å². The van der Waals surface area contributed by atoms with Crippen molar-refractivity contribution in [2.75, 3.05) is 0 Å². The second-order valence-corrected chi connectivity index (χ2v) is 4.79. The Morgan fingerprint density at radius 2 is 2.13 bits per heavy atom. The topological polar surface area (TPSA) is 12.9 Å². The number of thiol groups is 1. The summed E-state index contributed by atoms with van der Waals surface area (Å²) >= 11 is 5.91. The van der Waals surface area contributed by atoms with Crippen molar-refractivity contribution in [2.24, 2.45) is 0 Å². The lowest BCUT2D eigenvalue weighted by molar-refractivity contribution is 1.23. The van der Waals surface area contributed by atoms with Gasteiger partial charge in [-0.05, 0) is 19.4 Å². The van der Waals surface area contributed by atoms with E-state index in [1.807, 2.05) is 0 Å².